The van der Waals surface area contributed by atoms with Crippen molar-refractivity contribution in [2.24, 2.45) is 0 Å². The number of benzene rings is 1. The number of halogens is 1. The van der Waals surface area contributed by atoms with E-state index in [0.29, 0.717) is 0 Å². The van der Waals surface area contributed by atoms with Crippen molar-refractivity contribution < 1.29 is 0 Å². The summed E-state index contributed by atoms with van der Waals surface area (Å²) in [5.41, 5.74) is 1.27. The fraction of sp³-hybridized carbons (Fsp3) is 0.333. The van der Waals surface area contributed by atoms with Crippen LogP contribution in [0.3, 0.4) is 0 Å². The van der Waals surface area contributed by atoms with E-state index in [4.69, 9.17) is 11.6 Å². The Kier molecular flexibility index (Phi) is 5.02. The first-order valence-corrected chi connectivity index (χ1v) is 7.61. The maximum absolute atomic E-state index is 6.33. The van der Waals surface area contributed by atoms with Gasteiger partial charge in [0.25, 0.3) is 0 Å². The van der Waals surface area contributed by atoms with E-state index >= 15 is 0 Å². The maximum Gasteiger partial charge on any atom is 0.119 e. The summed E-state index contributed by atoms with van der Waals surface area (Å²) in [4.78, 5) is 9.28. The second-order valence-electron chi connectivity index (χ2n) is 5.51. The summed E-state index contributed by atoms with van der Waals surface area (Å²) in [6.07, 6.45) is 5.07. The van der Waals surface area contributed by atoms with Crippen LogP contribution in [0, 0.1) is 0 Å². The molecule has 0 amide bonds. The van der Waals surface area contributed by atoms with Crippen molar-refractivity contribution in [3.63, 3.8) is 0 Å². The van der Waals surface area contributed by atoms with E-state index in [0.717, 1.165) is 21.5 Å². The summed E-state index contributed by atoms with van der Waals surface area (Å²) in [6.45, 7) is 7.24. The Bertz CT molecular complexity index is 567. The van der Waals surface area contributed by atoms with Gasteiger partial charge >= 0.3 is 0 Å². The highest BCUT2D eigenvalue weighted by atomic mass is 35.5. The SMILES string of the molecule is CC(C)(C)NCc1ccc(Sc2cnccn2)c(Cl)c1. The minimum atomic E-state index is 0.0968. The molecule has 0 saturated heterocycles. The molecule has 2 aromatic rings. The number of aromatic nitrogens is 2. The molecular formula is C15H18ClN3S. The third-order valence-corrected chi connectivity index (χ3v) is 3.99. The minimum absolute atomic E-state index is 0.0968. The molecule has 0 aliphatic carbocycles. The van der Waals surface area contributed by atoms with Crippen molar-refractivity contribution >= 4 is 23.4 Å². The van der Waals surface area contributed by atoms with Gasteiger partial charge in [-0.3, -0.25) is 4.98 Å². The monoisotopic (exact) mass is 307 g/mol. The normalized spacial score (nSPS) is 11.6. The lowest BCUT2D eigenvalue weighted by Crippen LogP contribution is -2.35. The molecule has 1 N–H and O–H groups in total. The molecule has 0 radical (unpaired) electrons. The van der Waals surface area contributed by atoms with Gasteiger partial charge in [0, 0.05) is 29.4 Å². The van der Waals surface area contributed by atoms with E-state index in [2.05, 4.69) is 42.1 Å². The van der Waals surface area contributed by atoms with Gasteiger partial charge in [0.2, 0.25) is 0 Å². The predicted molar refractivity (Wildman–Crippen MR) is 84.2 cm³/mol. The Morgan fingerprint density at radius 3 is 2.65 bits per heavy atom. The Morgan fingerprint density at radius 2 is 2.05 bits per heavy atom. The van der Waals surface area contributed by atoms with E-state index in [1.54, 1.807) is 18.6 Å². The van der Waals surface area contributed by atoms with Crippen LogP contribution in [-0.4, -0.2) is 15.5 Å². The molecule has 0 aliphatic heterocycles. The molecule has 20 heavy (non-hydrogen) atoms. The van der Waals surface area contributed by atoms with Crippen LogP contribution in [0.25, 0.3) is 0 Å². The van der Waals surface area contributed by atoms with Gasteiger partial charge in [-0.25, -0.2) is 4.98 Å². The predicted octanol–water partition coefficient (Wildman–Crippen LogP) is 4.17. The second kappa shape index (κ2) is 6.57. The van der Waals surface area contributed by atoms with Crippen LogP contribution in [0.2, 0.25) is 5.02 Å². The summed E-state index contributed by atoms with van der Waals surface area (Å²) in [5, 5.41) is 5.03. The first kappa shape index (κ1) is 15.3. The van der Waals surface area contributed by atoms with Crippen LogP contribution in [0.1, 0.15) is 26.3 Å². The van der Waals surface area contributed by atoms with Gasteiger partial charge in [-0.2, -0.15) is 0 Å². The third-order valence-electron chi connectivity index (χ3n) is 2.57. The molecule has 0 fully saturated rings. The van der Waals surface area contributed by atoms with E-state index in [-0.39, 0.29) is 5.54 Å². The van der Waals surface area contributed by atoms with Crippen LogP contribution in [-0.2, 0) is 6.54 Å². The first-order valence-electron chi connectivity index (χ1n) is 6.41. The Balaban J connectivity index is 2.06. The Morgan fingerprint density at radius 1 is 1.25 bits per heavy atom. The van der Waals surface area contributed by atoms with Gasteiger partial charge in [0.15, 0.2) is 0 Å². The third kappa shape index (κ3) is 4.78. The van der Waals surface area contributed by atoms with E-state index in [9.17, 15) is 0 Å². The van der Waals surface area contributed by atoms with Gasteiger partial charge in [-0.1, -0.05) is 29.4 Å². The summed E-state index contributed by atoms with van der Waals surface area (Å²) in [7, 11) is 0. The lowest BCUT2D eigenvalue weighted by Gasteiger charge is -2.20. The highest BCUT2D eigenvalue weighted by molar-refractivity contribution is 7.99. The molecule has 0 aliphatic rings. The van der Waals surface area contributed by atoms with Gasteiger partial charge in [0.1, 0.15) is 5.03 Å². The van der Waals surface area contributed by atoms with Crippen molar-refractivity contribution in [1.82, 2.24) is 15.3 Å². The fourth-order valence-electron chi connectivity index (χ4n) is 1.56. The van der Waals surface area contributed by atoms with Crippen LogP contribution in [0.4, 0.5) is 0 Å². The molecule has 1 aromatic carbocycles. The van der Waals surface area contributed by atoms with Crippen molar-refractivity contribution in [2.75, 3.05) is 0 Å². The van der Waals surface area contributed by atoms with E-state index in [1.807, 2.05) is 12.1 Å². The van der Waals surface area contributed by atoms with E-state index in [1.165, 1.54) is 17.3 Å². The molecule has 0 bridgehead atoms. The average Bonchev–Trinajstić information content (AvgIpc) is 2.40. The highest BCUT2D eigenvalue weighted by Gasteiger charge is 2.10. The van der Waals surface area contributed by atoms with Crippen LogP contribution in [0.5, 0.6) is 0 Å². The number of nitrogens with zero attached hydrogens (tertiary/aromatic N) is 2. The van der Waals surface area contributed by atoms with E-state index < -0.39 is 0 Å². The summed E-state index contributed by atoms with van der Waals surface area (Å²) >= 11 is 7.85. The van der Waals surface area contributed by atoms with Crippen molar-refractivity contribution in [2.45, 2.75) is 42.8 Å². The van der Waals surface area contributed by atoms with Gasteiger partial charge in [-0.05, 0) is 38.5 Å². The smallest absolute Gasteiger partial charge is 0.119 e. The topological polar surface area (TPSA) is 37.8 Å². The molecule has 0 saturated carbocycles. The zero-order valence-electron chi connectivity index (χ0n) is 11.9. The zero-order chi connectivity index (χ0) is 14.6. The lowest BCUT2D eigenvalue weighted by molar-refractivity contribution is 0.424. The summed E-state index contributed by atoms with van der Waals surface area (Å²) < 4.78 is 0. The van der Waals surface area contributed by atoms with Gasteiger partial charge in [0.05, 0.1) is 11.2 Å². The number of nitrogens with one attached hydrogen (secondary N) is 1. The molecule has 5 heteroatoms. The van der Waals surface area contributed by atoms with Crippen LogP contribution < -0.4 is 5.32 Å². The standard InChI is InChI=1S/C15H18ClN3S/c1-15(2,3)19-9-11-4-5-13(12(16)8-11)20-14-10-17-6-7-18-14/h4-8,10,19H,9H2,1-3H3. The number of rotatable bonds is 4. The quantitative estimate of drug-likeness (QED) is 0.920. The number of hydrogen-bond acceptors (Lipinski definition) is 4. The van der Waals surface area contributed by atoms with Crippen LogP contribution in [0.15, 0.2) is 46.7 Å². The molecule has 0 unspecified atom stereocenters. The second-order valence-corrected chi connectivity index (χ2v) is 6.98. The molecule has 0 atom stereocenters. The van der Waals surface area contributed by atoms with Crippen LogP contribution >= 0.6 is 23.4 Å². The van der Waals surface area contributed by atoms with Gasteiger partial charge in [-0.15, -0.1) is 0 Å². The summed E-state index contributed by atoms with van der Waals surface area (Å²) in [5.74, 6) is 0. The minimum Gasteiger partial charge on any atom is -0.308 e. The zero-order valence-corrected chi connectivity index (χ0v) is 13.4. The van der Waals surface area contributed by atoms with Crippen molar-refractivity contribution in [3.8, 4) is 0 Å². The largest absolute Gasteiger partial charge is 0.308 e. The Labute approximate surface area is 129 Å². The molecule has 3 nitrogen and oxygen atoms in total. The molecular weight excluding hydrogens is 290 g/mol. The highest BCUT2D eigenvalue weighted by Crippen LogP contribution is 2.32. The molecule has 106 valence electrons. The molecule has 0 spiro atoms. The lowest BCUT2D eigenvalue weighted by atomic mass is 10.1. The van der Waals surface area contributed by atoms with Crippen molar-refractivity contribution in [1.29, 1.82) is 0 Å². The maximum atomic E-state index is 6.33. The Hall–Kier alpha value is -1.10. The summed E-state index contributed by atoms with van der Waals surface area (Å²) in [6, 6.07) is 6.11. The number of hydrogen-bond donors (Lipinski definition) is 1. The van der Waals surface area contributed by atoms with Gasteiger partial charge < -0.3 is 5.32 Å². The fourth-order valence-corrected chi connectivity index (χ4v) is 2.62. The molecule has 2 rings (SSSR count). The van der Waals surface area contributed by atoms with Crippen molar-refractivity contribution in [3.05, 3.63) is 47.4 Å². The molecule has 1 heterocycles. The first-order chi connectivity index (χ1) is 9.44. The average molecular weight is 308 g/mol. The molecule has 1 aromatic heterocycles.